The zero-order valence-corrected chi connectivity index (χ0v) is 29.0. The standard InChI is InChI=1S/C42H45NO8/c1-42(2)50-39-38(48-26-31-21-13-6-14-22-31)36(49-41(39)51-42)33-34-37(47-25-30-19-11-5-12-20-30)35(46-24-29-17-9-4-10-18-29)32(43(34)40(33)44)27-45-23-28-15-7-3-8-16-28/h3-22,32-39,41H,23-27H2,1-2H3/t32-,33+,34-,35-,36-,37-,38+,39-,41-/m1/s1. The predicted octanol–water partition coefficient (Wildman–Crippen LogP) is 6.05. The Morgan fingerprint density at radius 3 is 1.59 bits per heavy atom. The van der Waals surface area contributed by atoms with Gasteiger partial charge in [0.2, 0.25) is 5.91 Å². The molecule has 51 heavy (non-hydrogen) atoms. The van der Waals surface area contributed by atoms with E-state index in [9.17, 15) is 4.79 Å². The topological polar surface area (TPSA) is 84.9 Å². The third-order valence-corrected chi connectivity index (χ3v) is 10.3. The van der Waals surface area contributed by atoms with E-state index in [4.69, 9.17) is 33.2 Å². The fourth-order valence-corrected chi connectivity index (χ4v) is 7.94. The number of amides is 1. The van der Waals surface area contributed by atoms with Gasteiger partial charge in [-0.1, -0.05) is 121 Å². The Morgan fingerprint density at radius 1 is 0.588 bits per heavy atom. The van der Waals surface area contributed by atoms with Gasteiger partial charge < -0.3 is 38.1 Å². The summed E-state index contributed by atoms with van der Waals surface area (Å²) < 4.78 is 45.6. The van der Waals surface area contributed by atoms with E-state index in [1.165, 1.54) is 0 Å². The van der Waals surface area contributed by atoms with Gasteiger partial charge in [0.05, 0.1) is 51.0 Å². The molecule has 4 aliphatic heterocycles. The van der Waals surface area contributed by atoms with Crippen LogP contribution in [0.25, 0.3) is 0 Å². The van der Waals surface area contributed by atoms with Gasteiger partial charge in [0.25, 0.3) is 0 Å². The summed E-state index contributed by atoms with van der Waals surface area (Å²) in [5.41, 5.74) is 4.16. The zero-order chi connectivity index (χ0) is 34.8. The summed E-state index contributed by atoms with van der Waals surface area (Å²) in [4.78, 5) is 16.4. The first-order valence-corrected chi connectivity index (χ1v) is 17.9. The monoisotopic (exact) mass is 691 g/mol. The second-order valence-corrected chi connectivity index (χ2v) is 14.2. The Kier molecular flexibility index (Phi) is 10.0. The van der Waals surface area contributed by atoms with Gasteiger partial charge in [-0.2, -0.15) is 0 Å². The molecule has 8 rings (SSSR count). The minimum atomic E-state index is -0.837. The van der Waals surface area contributed by atoms with Gasteiger partial charge in [-0.25, -0.2) is 0 Å². The third-order valence-electron chi connectivity index (χ3n) is 10.3. The minimum absolute atomic E-state index is 0.0371. The molecule has 0 unspecified atom stereocenters. The average Bonchev–Trinajstić information content (AvgIpc) is 3.73. The zero-order valence-electron chi connectivity index (χ0n) is 29.0. The molecule has 4 saturated heterocycles. The van der Waals surface area contributed by atoms with Gasteiger partial charge in [0.1, 0.15) is 30.5 Å². The molecule has 1 amide bonds. The summed E-state index contributed by atoms with van der Waals surface area (Å²) in [7, 11) is 0. The smallest absolute Gasteiger partial charge is 0.231 e. The summed E-state index contributed by atoms with van der Waals surface area (Å²) in [6.45, 7) is 5.53. The molecule has 9 atom stereocenters. The van der Waals surface area contributed by atoms with Crippen LogP contribution in [-0.4, -0.2) is 72.1 Å². The number of fused-ring (bicyclic) bond motifs is 2. The molecule has 0 N–H and O–H groups in total. The highest BCUT2D eigenvalue weighted by Crippen LogP contribution is 2.50. The number of nitrogens with zero attached hydrogens (tertiary/aromatic N) is 1. The molecule has 4 aromatic rings. The minimum Gasteiger partial charge on any atom is -0.375 e. The molecule has 9 heteroatoms. The first-order valence-electron chi connectivity index (χ1n) is 17.9. The molecule has 0 aromatic heterocycles. The molecule has 4 heterocycles. The van der Waals surface area contributed by atoms with Gasteiger partial charge in [0, 0.05) is 0 Å². The molecule has 4 aliphatic rings. The lowest BCUT2D eigenvalue weighted by Crippen LogP contribution is -2.68. The first kappa shape index (κ1) is 34.2. The Morgan fingerprint density at radius 2 is 1.06 bits per heavy atom. The van der Waals surface area contributed by atoms with Crippen LogP contribution in [-0.2, 0) is 64.4 Å². The van der Waals surface area contributed by atoms with Crippen molar-refractivity contribution in [2.24, 2.45) is 5.92 Å². The second-order valence-electron chi connectivity index (χ2n) is 14.2. The Hall–Kier alpha value is -3.93. The van der Waals surface area contributed by atoms with E-state index in [-0.39, 0.29) is 18.0 Å². The van der Waals surface area contributed by atoms with Crippen molar-refractivity contribution in [1.82, 2.24) is 4.90 Å². The highest BCUT2D eigenvalue weighted by molar-refractivity contribution is 5.88. The van der Waals surface area contributed by atoms with E-state index in [0.29, 0.717) is 33.0 Å². The van der Waals surface area contributed by atoms with E-state index in [1.807, 2.05) is 140 Å². The maximum Gasteiger partial charge on any atom is 0.231 e. The van der Waals surface area contributed by atoms with Crippen molar-refractivity contribution in [2.75, 3.05) is 6.61 Å². The summed E-state index contributed by atoms with van der Waals surface area (Å²) >= 11 is 0. The van der Waals surface area contributed by atoms with Crippen LogP contribution >= 0.6 is 0 Å². The van der Waals surface area contributed by atoms with Crippen LogP contribution in [0.4, 0.5) is 0 Å². The maximum absolute atomic E-state index is 14.5. The van der Waals surface area contributed by atoms with Gasteiger partial charge >= 0.3 is 0 Å². The average molecular weight is 692 g/mol. The Balaban J connectivity index is 1.09. The number of hydrogen-bond acceptors (Lipinski definition) is 8. The van der Waals surface area contributed by atoms with Crippen LogP contribution in [0.3, 0.4) is 0 Å². The molecule has 0 saturated carbocycles. The van der Waals surface area contributed by atoms with Crippen LogP contribution in [0.1, 0.15) is 36.1 Å². The molecule has 0 aliphatic carbocycles. The van der Waals surface area contributed by atoms with Gasteiger partial charge in [-0.05, 0) is 36.1 Å². The lowest BCUT2D eigenvalue weighted by atomic mass is 9.79. The SMILES string of the molecule is CC1(C)O[C@H]2O[C@H]([C@H]3C(=O)N4[C@H]3[C@@H](OCc3ccccc3)[C@H](OCc3ccccc3)[C@H]4COCc3ccccc3)[C@H](OCc3ccccc3)[C@H]2O1. The van der Waals surface area contributed by atoms with E-state index in [2.05, 4.69) is 0 Å². The lowest BCUT2D eigenvalue weighted by Gasteiger charge is -2.49. The van der Waals surface area contributed by atoms with E-state index in [1.54, 1.807) is 0 Å². The van der Waals surface area contributed by atoms with Gasteiger partial charge in [-0.3, -0.25) is 4.79 Å². The highest BCUT2D eigenvalue weighted by Gasteiger charge is 2.70. The van der Waals surface area contributed by atoms with Crippen LogP contribution < -0.4 is 0 Å². The number of rotatable bonds is 14. The summed E-state index contributed by atoms with van der Waals surface area (Å²) in [6, 6.07) is 39.5. The molecule has 0 bridgehead atoms. The van der Waals surface area contributed by atoms with E-state index >= 15 is 0 Å². The normalized spacial score (nSPS) is 30.6. The van der Waals surface area contributed by atoms with Gasteiger partial charge in [0.15, 0.2) is 12.1 Å². The van der Waals surface area contributed by atoms with Crippen molar-refractivity contribution in [2.45, 2.75) is 95.0 Å². The molecular formula is C42H45NO8. The maximum atomic E-state index is 14.5. The fraction of sp³-hybridized carbons (Fsp3) is 0.405. The number of ether oxygens (including phenoxy) is 7. The quantitative estimate of drug-likeness (QED) is 0.148. The lowest BCUT2D eigenvalue weighted by molar-refractivity contribution is -0.237. The van der Waals surface area contributed by atoms with Crippen molar-refractivity contribution in [1.29, 1.82) is 0 Å². The molecule has 9 nitrogen and oxygen atoms in total. The number of β-lactam (4-membered cyclic amide) rings is 1. The van der Waals surface area contributed by atoms with Crippen LogP contribution in [0, 0.1) is 5.92 Å². The molecule has 4 fully saturated rings. The van der Waals surface area contributed by atoms with Crippen molar-refractivity contribution in [3.8, 4) is 0 Å². The highest BCUT2D eigenvalue weighted by atomic mass is 16.8. The van der Waals surface area contributed by atoms with Crippen molar-refractivity contribution in [3.05, 3.63) is 144 Å². The largest absolute Gasteiger partial charge is 0.375 e. The molecular weight excluding hydrogens is 646 g/mol. The molecule has 0 spiro atoms. The second kappa shape index (κ2) is 15.0. The van der Waals surface area contributed by atoms with Gasteiger partial charge in [-0.15, -0.1) is 0 Å². The third kappa shape index (κ3) is 7.25. The number of benzene rings is 4. The van der Waals surface area contributed by atoms with Crippen LogP contribution in [0.2, 0.25) is 0 Å². The summed E-state index contributed by atoms with van der Waals surface area (Å²) in [6.07, 6.45) is -3.22. The van der Waals surface area contributed by atoms with Crippen molar-refractivity contribution >= 4 is 5.91 Å². The fourth-order valence-electron chi connectivity index (χ4n) is 7.94. The van der Waals surface area contributed by atoms with E-state index in [0.717, 1.165) is 22.3 Å². The first-order chi connectivity index (χ1) is 24.9. The number of carbonyl (C=O) groups excluding carboxylic acids is 1. The van der Waals surface area contributed by atoms with Crippen molar-refractivity contribution < 1.29 is 38.0 Å². The summed E-state index contributed by atoms with van der Waals surface area (Å²) in [5, 5.41) is 0. The number of carbonyl (C=O) groups is 1. The molecule has 0 radical (unpaired) electrons. The van der Waals surface area contributed by atoms with E-state index < -0.39 is 48.5 Å². The number of hydrogen-bond donors (Lipinski definition) is 0. The molecule has 266 valence electrons. The predicted molar refractivity (Wildman–Crippen MR) is 188 cm³/mol. The van der Waals surface area contributed by atoms with Crippen LogP contribution in [0.15, 0.2) is 121 Å². The molecule has 4 aromatic carbocycles. The van der Waals surface area contributed by atoms with Crippen LogP contribution in [0.5, 0.6) is 0 Å². The summed E-state index contributed by atoms with van der Waals surface area (Å²) in [5.74, 6) is -1.43. The van der Waals surface area contributed by atoms with Crippen molar-refractivity contribution in [3.63, 3.8) is 0 Å². The Labute approximate surface area is 299 Å². The Bertz CT molecular complexity index is 1730.